The van der Waals surface area contributed by atoms with E-state index in [2.05, 4.69) is 0 Å². The molecule has 0 atom stereocenters. The summed E-state index contributed by atoms with van der Waals surface area (Å²) in [5.41, 5.74) is 2.99. The maximum Gasteiger partial charge on any atom is 0.255 e. The Bertz CT molecular complexity index is 964. The summed E-state index contributed by atoms with van der Waals surface area (Å²) in [6.07, 6.45) is 1.63. The summed E-state index contributed by atoms with van der Waals surface area (Å²) in [4.78, 5) is 35.5. The zero-order chi connectivity index (χ0) is 22.0. The van der Waals surface area contributed by atoms with E-state index >= 15 is 0 Å². The zero-order valence-electron chi connectivity index (χ0n) is 18.2. The van der Waals surface area contributed by atoms with Gasteiger partial charge in [-0.1, -0.05) is 12.1 Å². The topological polar surface area (TPSA) is 56.8 Å². The number of carbonyl (C=O) groups excluding carboxylic acids is 2. The maximum absolute atomic E-state index is 14.1. The molecule has 2 aromatic rings. The van der Waals surface area contributed by atoms with Crippen molar-refractivity contribution < 1.29 is 14.0 Å². The zero-order valence-corrected chi connectivity index (χ0v) is 18.2. The Morgan fingerprint density at radius 3 is 2.26 bits per heavy atom. The number of likely N-dealkylation sites (tertiary alicyclic amines) is 1. The van der Waals surface area contributed by atoms with Crippen LogP contribution in [0.2, 0.25) is 0 Å². The summed E-state index contributed by atoms with van der Waals surface area (Å²) in [6.45, 7) is 7.22. The van der Waals surface area contributed by atoms with Crippen molar-refractivity contribution in [3.8, 4) is 0 Å². The number of para-hydroxylation sites is 1. The Kier molecular flexibility index (Phi) is 6.20. The molecule has 2 aliphatic rings. The molecule has 4 rings (SSSR count). The Balaban J connectivity index is 1.47. The smallest absolute Gasteiger partial charge is 0.255 e. The number of piperidine rings is 1. The van der Waals surface area contributed by atoms with Crippen molar-refractivity contribution in [3.63, 3.8) is 0 Å². The standard InChI is InChI=1S/C24H29FN4O2/c1-17-7-8-20(23(26-17)19-9-11-27(12-10-19)18(2)30)24(31)29-15-13-28(14-16-29)22-6-4-3-5-21(22)25/h3-8,19H,9-16H2,1-2H3. The molecule has 2 aliphatic heterocycles. The molecule has 0 saturated carbocycles. The molecule has 0 N–H and O–H groups in total. The van der Waals surface area contributed by atoms with Gasteiger partial charge in [-0.25, -0.2) is 4.39 Å². The minimum absolute atomic E-state index is 0.00955. The van der Waals surface area contributed by atoms with E-state index < -0.39 is 0 Å². The summed E-state index contributed by atoms with van der Waals surface area (Å²) >= 11 is 0. The number of benzene rings is 1. The number of aryl methyl sites for hydroxylation is 1. The van der Waals surface area contributed by atoms with Crippen LogP contribution in [0.4, 0.5) is 10.1 Å². The third kappa shape index (κ3) is 4.55. The van der Waals surface area contributed by atoms with Gasteiger partial charge in [0.15, 0.2) is 0 Å². The highest BCUT2D eigenvalue weighted by Crippen LogP contribution is 2.30. The fourth-order valence-corrected chi connectivity index (χ4v) is 4.57. The lowest BCUT2D eigenvalue weighted by Crippen LogP contribution is -2.49. The lowest BCUT2D eigenvalue weighted by atomic mass is 9.89. The number of rotatable bonds is 3. The van der Waals surface area contributed by atoms with Crippen LogP contribution >= 0.6 is 0 Å². The third-order valence-electron chi connectivity index (χ3n) is 6.38. The first kappa shape index (κ1) is 21.3. The Morgan fingerprint density at radius 2 is 1.61 bits per heavy atom. The normalized spacial score (nSPS) is 17.7. The van der Waals surface area contributed by atoms with Crippen LogP contribution in [0.5, 0.6) is 0 Å². The van der Waals surface area contributed by atoms with Gasteiger partial charge in [-0.3, -0.25) is 14.6 Å². The third-order valence-corrected chi connectivity index (χ3v) is 6.38. The van der Waals surface area contributed by atoms with Gasteiger partial charge in [0.2, 0.25) is 5.91 Å². The van der Waals surface area contributed by atoms with Crippen LogP contribution in [-0.2, 0) is 4.79 Å². The summed E-state index contributed by atoms with van der Waals surface area (Å²) < 4.78 is 14.1. The molecule has 0 bridgehead atoms. The number of amides is 2. The van der Waals surface area contributed by atoms with Crippen molar-refractivity contribution in [2.75, 3.05) is 44.2 Å². The molecule has 3 heterocycles. The predicted molar refractivity (Wildman–Crippen MR) is 118 cm³/mol. The second-order valence-corrected chi connectivity index (χ2v) is 8.40. The molecular weight excluding hydrogens is 395 g/mol. The van der Waals surface area contributed by atoms with Crippen LogP contribution in [0.1, 0.15) is 47.4 Å². The summed E-state index contributed by atoms with van der Waals surface area (Å²) in [5, 5.41) is 0. The lowest BCUT2D eigenvalue weighted by Gasteiger charge is -2.37. The maximum atomic E-state index is 14.1. The van der Waals surface area contributed by atoms with Gasteiger partial charge in [0.05, 0.1) is 16.9 Å². The first-order valence-electron chi connectivity index (χ1n) is 11.0. The van der Waals surface area contributed by atoms with Gasteiger partial charge in [-0.2, -0.15) is 0 Å². The minimum atomic E-state index is -0.232. The molecule has 2 saturated heterocycles. The molecule has 31 heavy (non-hydrogen) atoms. The van der Waals surface area contributed by atoms with Gasteiger partial charge in [0.1, 0.15) is 5.82 Å². The highest BCUT2D eigenvalue weighted by atomic mass is 19.1. The average Bonchev–Trinajstić information content (AvgIpc) is 2.79. The van der Waals surface area contributed by atoms with Gasteiger partial charge in [-0.15, -0.1) is 0 Å². The molecule has 164 valence electrons. The molecule has 2 amide bonds. The van der Waals surface area contributed by atoms with E-state index in [1.54, 1.807) is 19.1 Å². The van der Waals surface area contributed by atoms with Crippen LogP contribution in [0.15, 0.2) is 36.4 Å². The number of halogens is 1. The molecule has 7 heteroatoms. The van der Waals surface area contributed by atoms with Gasteiger partial charge in [-0.05, 0) is 44.0 Å². The summed E-state index contributed by atoms with van der Waals surface area (Å²) in [5.74, 6) is 0.0303. The molecule has 0 unspecified atom stereocenters. The predicted octanol–water partition coefficient (Wildman–Crippen LogP) is 3.22. The van der Waals surface area contributed by atoms with Gasteiger partial charge < -0.3 is 14.7 Å². The Hall–Kier alpha value is -2.96. The number of nitrogens with zero attached hydrogens (tertiary/aromatic N) is 4. The largest absolute Gasteiger partial charge is 0.366 e. The number of aromatic nitrogens is 1. The SMILES string of the molecule is CC(=O)N1CCC(c2nc(C)ccc2C(=O)N2CCN(c3ccccc3F)CC2)CC1. The minimum Gasteiger partial charge on any atom is -0.366 e. The van der Waals surface area contributed by atoms with Crippen molar-refractivity contribution in [1.29, 1.82) is 0 Å². The van der Waals surface area contributed by atoms with Crippen LogP contribution in [-0.4, -0.2) is 65.9 Å². The average molecular weight is 425 g/mol. The van der Waals surface area contributed by atoms with E-state index in [-0.39, 0.29) is 23.5 Å². The van der Waals surface area contributed by atoms with Crippen molar-refractivity contribution >= 4 is 17.5 Å². The first-order valence-corrected chi connectivity index (χ1v) is 11.0. The van der Waals surface area contributed by atoms with Gasteiger partial charge >= 0.3 is 0 Å². The fourth-order valence-electron chi connectivity index (χ4n) is 4.57. The second kappa shape index (κ2) is 9.04. The van der Waals surface area contributed by atoms with E-state index in [1.807, 2.05) is 39.8 Å². The van der Waals surface area contributed by atoms with Gasteiger partial charge in [0.25, 0.3) is 5.91 Å². The van der Waals surface area contributed by atoms with Crippen molar-refractivity contribution in [1.82, 2.24) is 14.8 Å². The van der Waals surface area contributed by atoms with Crippen LogP contribution in [0.3, 0.4) is 0 Å². The lowest BCUT2D eigenvalue weighted by molar-refractivity contribution is -0.129. The van der Waals surface area contributed by atoms with Crippen molar-refractivity contribution in [2.45, 2.75) is 32.6 Å². The monoisotopic (exact) mass is 424 g/mol. The highest BCUT2D eigenvalue weighted by Gasteiger charge is 2.30. The molecule has 1 aromatic carbocycles. The van der Waals surface area contributed by atoms with E-state index in [4.69, 9.17) is 4.98 Å². The molecular formula is C24H29FN4O2. The van der Waals surface area contributed by atoms with E-state index in [9.17, 15) is 14.0 Å². The van der Waals surface area contributed by atoms with Crippen molar-refractivity contribution in [3.05, 3.63) is 59.2 Å². The van der Waals surface area contributed by atoms with Gasteiger partial charge in [0, 0.05) is 57.8 Å². The summed E-state index contributed by atoms with van der Waals surface area (Å²) in [7, 11) is 0. The molecule has 0 aliphatic carbocycles. The number of anilines is 1. The van der Waals surface area contributed by atoms with Crippen LogP contribution < -0.4 is 4.90 Å². The number of hydrogen-bond donors (Lipinski definition) is 0. The Morgan fingerprint density at radius 1 is 0.935 bits per heavy atom. The number of hydrogen-bond acceptors (Lipinski definition) is 4. The van der Waals surface area contributed by atoms with E-state index in [0.717, 1.165) is 24.2 Å². The molecule has 2 fully saturated rings. The first-order chi connectivity index (χ1) is 14.9. The van der Waals surface area contributed by atoms with E-state index in [0.29, 0.717) is 50.5 Å². The molecule has 1 aromatic heterocycles. The fraction of sp³-hybridized carbons (Fsp3) is 0.458. The van der Waals surface area contributed by atoms with Crippen molar-refractivity contribution in [2.24, 2.45) is 0 Å². The molecule has 0 radical (unpaired) electrons. The van der Waals surface area contributed by atoms with Crippen LogP contribution in [0, 0.1) is 12.7 Å². The number of carbonyl (C=O) groups is 2. The number of pyridine rings is 1. The second-order valence-electron chi connectivity index (χ2n) is 8.40. The summed E-state index contributed by atoms with van der Waals surface area (Å²) in [6, 6.07) is 10.5. The number of piperazine rings is 1. The highest BCUT2D eigenvalue weighted by molar-refractivity contribution is 5.95. The van der Waals surface area contributed by atoms with Crippen LogP contribution in [0.25, 0.3) is 0 Å². The molecule has 6 nitrogen and oxygen atoms in total. The van der Waals surface area contributed by atoms with E-state index in [1.165, 1.54) is 6.07 Å². The quantitative estimate of drug-likeness (QED) is 0.759. The molecule has 0 spiro atoms. The Labute approximate surface area is 182 Å².